The Hall–Kier alpha value is -1.39. The minimum Gasteiger partial charge on any atom is -0.424 e. The van der Waals surface area contributed by atoms with Gasteiger partial charge < -0.3 is 10.2 Å². The third-order valence-corrected chi connectivity index (χ3v) is 2.16. The van der Waals surface area contributed by atoms with Gasteiger partial charge in [0.2, 0.25) is 11.8 Å². The maximum Gasteiger partial charge on any atom is 0.230 e. The summed E-state index contributed by atoms with van der Waals surface area (Å²) >= 11 is 5.86. The van der Waals surface area contributed by atoms with Crippen LogP contribution in [0.3, 0.4) is 0 Å². The molecule has 0 amide bonds. The standard InChI is InChI=1S/C10H10ClN3O/c11-8-3-1-2-7(4-8)5-9-13-14-10(6-12)15-9/h1-4H,5-6,12H2. The Morgan fingerprint density at radius 2 is 2.07 bits per heavy atom. The van der Waals surface area contributed by atoms with Gasteiger partial charge in [-0.3, -0.25) is 0 Å². The average molecular weight is 224 g/mol. The largest absolute Gasteiger partial charge is 0.424 e. The zero-order chi connectivity index (χ0) is 10.7. The van der Waals surface area contributed by atoms with Crippen molar-refractivity contribution in [1.29, 1.82) is 0 Å². The number of benzene rings is 1. The number of rotatable bonds is 3. The van der Waals surface area contributed by atoms with Crippen LogP contribution >= 0.6 is 11.6 Å². The summed E-state index contributed by atoms with van der Waals surface area (Å²) in [5.41, 5.74) is 6.40. The van der Waals surface area contributed by atoms with Gasteiger partial charge in [-0.15, -0.1) is 10.2 Å². The monoisotopic (exact) mass is 223 g/mol. The Morgan fingerprint density at radius 1 is 1.27 bits per heavy atom. The lowest BCUT2D eigenvalue weighted by atomic mass is 10.1. The topological polar surface area (TPSA) is 64.9 Å². The highest BCUT2D eigenvalue weighted by Crippen LogP contribution is 2.13. The van der Waals surface area contributed by atoms with Gasteiger partial charge in [0.25, 0.3) is 0 Å². The first-order valence-electron chi connectivity index (χ1n) is 4.53. The van der Waals surface area contributed by atoms with Gasteiger partial charge in [-0.25, -0.2) is 0 Å². The van der Waals surface area contributed by atoms with E-state index in [4.69, 9.17) is 21.8 Å². The molecule has 1 aromatic heterocycles. The van der Waals surface area contributed by atoms with Gasteiger partial charge in [-0.1, -0.05) is 23.7 Å². The minimum absolute atomic E-state index is 0.266. The molecule has 0 aliphatic heterocycles. The van der Waals surface area contributed by atoms with E-state index in [1.54, 1.807) is 0 Å². The van der Waals surface area contributed by atoms with E-state index in [1.807, 2.05) is 24.3 Å². The summed E-state index contributed by atoms with van der Waals surface area (Å²) in [6.45, 7) is 0.266. The maximum atomic E-state index is 5.86. The molecular weight excluding hydrogens is 214 g/mol. The van der Waals surface area contributed by atoms with E-state index < -0.39 is 0 Å². The van der Waals surface area contributed by atoms with Crippen LogP contribution in [-0.2, 0) is 13.0 Å². The Kier molecular flexibility index (Phi) is 2.99. The van der Waals surface area contributed by atoms with E-state index in [-0.39, 0.29) is 6.54 Å². The molecule has 0 radical (unpaired) electrons. The van der Waals surface area contributed by atoms with E-state index in [9.17, 15) is 0 Å². The molecule has 4 nitrogen and oxygen atoms in total. The average Bonchev–Trinajstić information content (AvgIpc) is 2.65. The first kappa shape index (κ1) is 10.1. The molecule has 2 N–H and O–H groups in total. The first-order chi connectivity index (χ1) is 7.28. The Morgan fingerprint density at radius 3 is 2.73 bits per heavy atom. The van der Waals surface area contributed by atoms with E-state index in [0.717, 1.165) is 5.56 Å². The fraction of sp³-hybridized carbons (Fsp3) is 0.200. The van der Waals surface area contributed by atoms with Crippen molar-refractivity contribution in [2.45, 2.75) is 13.0 Å². The summed E-state index contributed by atoms with van der Waals surface area (Å²) in [7, 11) is 0. The molecule has 0 saturated carbocycles. The summed E-state index contributed by atoms with van der Waals surface area (Å²) < 4.78 is 5.29. The van der Waals surface area contributed by atoms with Crippen molar-refractivity contribution >= 4 is 11.6 Å². The zero-order valence-electron chi connectivity index (χ0n) is 7.98. The quantitative estimate of drug-likeness (QED) is 0.862. The molecule has 0 atom stereocenters. The van der Waals surface area contributed by atoms with Crippen molar-refractivity contribution < 1.29 is 4.42 Å². The smallest absolute Gasteiger partial charge is 0.230 e. The van der Waals surface area contributed by atoms with Crippen molar-refractivity contribution in [3.05, 3.63) is 46.6 Å². The normalized spacial score (nSPS) is 10.5. The highest BCUT2D eigenvalue weighted by Gasteiger charge is 2.05. The lowest BCUT2D eigenvalue weighted by Crippen LogP contribution is -1.95. The Balaban J connectivity index is 2.14. The molecule has 2 aromatic rings. The minimum atomic E-state index is 0.266. The van der Waals surface area contributed by atoms with E-state index >= 15 is 0 Å². The molecule has 0 spiro atoms. The lowest BCUT2D eigenvalue weighted by Gasteiger charge is -1.96. The van der Waals surface area contributed by atoms with Crippen molar-refractivity contribution in [3.8, 4) is 0 Å². The van der Waals surface area contributed by atoms with E-state index in [0.29, 0.717) is 23.2 Å². The van der Waals surface area contributed by atoms with E-state index in [2.05, 4.69) is 10.2 Å². The molecular formula is C10H10ClN3O. The first-order valence-corrected chi connectivity index (χ1v) is 4.91. The predicted molar refractivity (Wildman–Crippen MR) is 56.4 cm³/mol. The van der Waals surface area contributed by atoms with Crippen molar-refractivity contribution in [3.63, 3.8) is 0 Å². The van der Waals surface area contributed by atoms with Gasteiger partial charge in [0.05, 0.1) is 13.0 Å². The fourth-order valence-corrected chi connectivity index (χ4v) is 1.48. The third kappa shape index (κ3) is 2.55. The molecule has 0 bridgehead atoms. The summed E-state index contributed by atoms with van der Waals surface area (Å²) in [5.74, 6) is 1.00. The van der Waals surface area contributed by atoms with Gasteiger partial charge in [-0.05, 0) is 17.7 Å². The number of hydrogen-bond acceptors (Lipinski definition) is 4. The summed E-state index contributed by atoms with van der Waals surface area (Å²) in [5, 5.41) is 8.35. The second kappa shape index (κ2) is 4.42. The zero-order valence-corrected chi connectivity index (χ0v) is 8.74. The van der Waals surface area contributed by atoms with Crippen LogP contribution in [-0.4, -0.2) is 10.2 Å². The number of nitrogens with zero attached hydrogens (tertiary/aromatic N) is 2. The summed E-state index contributed by atoms with van der Waals surface area (Å²) in [6.07, 6.45) is 0.577. The van der Waals surface area contributed by atoms with Crippen molar-refractivity contribution in [2.75, 3.05) is 0 Å². The van der Waals surface area contributed by atoms with Crippen LogP contribution in [0.25, 0.3) is 0 Å². The van der Waals surface area contributed by atoms with Crippen molar-refractivity contribution in [1.82, 2.24) is 10.2 Å². The number of hydrogen-bond donors (Lipinski definition) is 1. The molecule has 15 heavy (non-hydrogen) atoms. The summed E-state index contributed by atoms with van der Waals surface area (Å²) in [4.78, 5) is 0. The predicted octanol–water partition coefficient (Wildman–Crippen LogP) is 1.77. The molecule has 1 aromatic carbocycles. The van der Waals surface area contributed by atoms with Crippen LogP contribution in [0.1, 0.15) is 17.3 Å². The van der Waals surface area contributed by atoms with Crippen LogP contribution in [0.4, 0.5) is 0 Å². The maximum absolute atomic E-state index is 5.86. The number of halogens is 1. The molecule has 0 aliphatic carbocycles. The highest BCUT2D eigenvalue weighted by atomic mass is 35.5. The molecule has 0 unspecified atom stereocenters. The highest BCUT2D eigenvalue weighted by molar-refractivity contribution is 6.30. The van der Waals surface area contributed by atoms with Gasteiger partial charge in [0.15, 0.2) is 0 Å². The SMILES string of the molecule is NCc1nnc(Cc2cccc(Cl)c2)o1. The van der Waals surface area contributed by atoms with Crippen LogP contribution < -0.4 is 5.73 Å². The fourth-order valence-electron chi connectivity index (χ4n) is 1.26. The second-order valence-electron chi connectivity index (χ2n) is 3.10. The van der Waals surface area contributed by atoms with Crippen LogP contribution in [0.15, 0.2) is 28.7 Å². The number of nitrogens with two attached hydrogens (primary N) is 1. The molecule has 0 saturated heterocycles. The molecule has 0 aliphatic rings. The number of aromatic nitrogens is 2. The Labute approximate surface area is 92.1 Å². The van der Waals surface area contributed by atoms with Gasteiger partial charge in [0.1, 0.15) is 0 Å². The van der Waals surface area contributed by atoms with Crippen molar-refractivity contribution in [2.24, 2.45) is 5.73 Å². The van der Waals surface area contributed by atoms with Gasteiger partial charge in [-0.2, -0.15) is 0 Å². The van der Waals surface area contributed by atoms with Crippen LogP contribution in [0.2, 0.25) is 5.02 Å². The molecule has 5 heteroatoms. The van der Waals surface area contributed by atoms with Gasteiger partial charge >= 0.3 is 0 Å². The van der Waals surface area contributed by atoms with Crippen LogP contribution in [0, 0.1) is 0 Å². The molecule has 0 fully saturated rings. The Bertz CT molecular complexity index is 455. The summed E-state index contributed by atoms with van der Waals surface area (Å²) in [6, 6.07) is 7.54. The van der Waals surface area contributed by atoms with E-state index in [1.165, 1.54) is 0 Å². The van der Waals surface area contributed by atoms with Crippen LogP contribution in [0.5, 0.6) is 0 Å². The third-order valence-electron chi connectivity index (χ3n) is 1.93. The lowest BCUT2D eigenvalue weighted by molar-refractivity contribution is 0.459. The molecule has 1 heterocycles. The molecule has 2 rings (SSSR count). The molecule has 78 valence electrons. The van der Waals surface area contributed by atoms with Gasteiger partial charge in [0, 0.05) is 5.02 Å². The second-order valence-corrected chi connectivity index (χ2v) is 3.54.